The first-order valence-corrected chi connectivity index (χ1v) is 5.98. The van der Waals surface area contributed by atoms with Crippen molar-refractivity contribution in [3.63, 3.8) is 0 Å². The highest BCUT2D eigenvalue weighted by atomic mass is 16.6. The molecule has 4 heteroatoms. The van der Waals surface area contributed by atoms with Gasteiger partial charge in [0.05, 0.1) is 12.1 Å². The summed E-state index contributed by atoms with van der Waals surface area (Å²) < 4.78 is 5.38. The second kappa shape index (κ2) is 3.62. The van der Waals surface area contributed by atoms with E-state index in [1.807, 2.05) is 20.8 Å². The summed E-state index contributed by atoms with van der Waals surface area (Å²) in [5, 5.41) is 9.51. The zero-order chi connectivity index (χ0) is 12.0. The Morgan fingerprint density at radius 1 is 1.56 bits per heavy atom. The van der Waals surface area contributed by atoms with Gasteiger partial charge in [-0.05, 0) is 46.0 Å². The van der Waals surface area contributed by atoms with Crippen molar-refractivity contribution in [1.29, 1.82) is 0 Å². The van der Waals surface area contributed by atoms with Gasteiger partial charge >= 0.3 is 6.09 Å². The standard InChI is InChI=1S/C12H21NO3/c1-11(2,3)16-10(15)13-7-9-4-5-12(13,6-9)8-14/h9,14H,4-8H2,1-3H3/t9?,12-/m0/s1. The second-order valence-corrected chi connectivity index (χ2v) is 6.08. The summed E-state index contributed by atoms with van der Waals surface area (Å²) in [5.41, 5.74) is -0.789. The molecular formula is C12H21NO3. The molecule has 92 valence electrons. The third-order valence-corrected chi connectivity index (χ3v) is 3.61. The van der Waals surface area contributed by atoms with E-state index >= 15 is 0 Å². The van der Waals surface area contributed by atoms with Crippen LogP contribution in [0.15, 0.2) is 0 Å². The Hall–Kier alpha value is -0.770. The minimum atomic E-state index is -0.463. The number of hydrogen-bond donors (Lipinski definition) is 1. The molecule has 0 spiro atoms. The van der Waals surface area contributed by atoms with Crippen molar-refractivity contribution in [1.82, 2.24) is 4.90 Å². The number of hydrogen-bond acceptors (Lipinski definition) is 3. The highest BCUT2D eigenvalue weighted by molar-refractivity contribution is 5.70. The Balaban J connectivity index is 2.08. The summed E-state index contributed by atoms with van der Waals surface area (Å²) in [6.07, 6.45) is 2.69. The normalized spacial score (nSPS) is 33.2. The molecule has 0 aromatic carbocycles. The molecule has 2 atom stereocenters. The fourth-order valence-electron chi connectivity index (χ4n) is 2.88. The van der Waals surface area contributed by atoms with E-state index in [1.165, 1.54) is 0 Å². The molecule has 2 fully saturated rings. The van der Waals surface area contributed by atoms with Crippen LogP contribution in [0.5, 0.6) is 0 Å². The molecule has 2 rings (SSSR count). The van der Waals surface area contributed by atoms with Gasteiger partial charge in [-0.15, -0.1) is 0 Å². The van der Waals surface area contributed by atoms with Crippen LogP contribution in [0.25, 0.3) is 0 Å². The van der Waals surface area contributed by atoms with Crippen LogP contribution in [0.4, 0.5) is 4.79 Å². The smallest absolute Gasteiger partial charge is 0.410 e. The average molecular weight is 227 g/mol. The SMILES string of the molecule is CC(C)(C)OC(=O)N1CC2CC[C@@]1(CO)C2. The van der Waals surface area contributed by atoms with Gasteiger partial charge in [-0.3, -0.25) is 4.90 Å². The summed E-state index contributed by atoms with van der Waals surface area (Å²) >= 11 is 0. The van der Waals surface area contributed by atoms with Crippen LogP contribution < -0.4 is 0 Å². The van der Waals surface area contributed by atoms with Crippen molar-refractivity contribution in [2.75, 3.05) is 13.2 Å². The highest BCUT2D eigenvalue weighted by Gasteiger charge is 2.53. The lowest BCUT2D eigenvalue weighted by Crippen LogP contribution is -2.52. The van der Waals surface area contributed by atoms with E-state index in [2.05, 4.69) is 0 Å². The molecule has 1 saturated heterocycles. The van der Waals surface area contributed by atoms with Crippen molar-refractivity contribution >= 4 is 6.09 Å². The number of nitrogens with zero attached hydrogens (tertiary/aromatic N) is 1. The van der Waals surface area contributed by atoms with Gasteiger partial charge < -0.3 is 9.84 Å². The molecule has 1 heterocycles. The fraction of sp³-hybridized carbons (Fsp3) is 0.917. The molecule has 0 aromatic heterocycles. The number of aliphatic hydroxyl groups is 1. The lowest BCUT2D eigenvalue weighted by Gasteiger charge is -2.38. The van der Waals surface area contributed by atoms with Crippen LogP contribution in [0, 0.1) is 5.92 Å². The number of aliphatic hydroxyl groups excluding tert-OH is 1. The second-order valence-electron chi connectivity index (χ2n) is 6.08. The minimum absolute atomic E-state index is 0.0583. The number of rotatable bonds is 1. The first-order chi connectivity index (χ1) is 7.36. The third-order valence-electron chi connectivity index (χ3n) is 3.61. The minimum Gasteiger partial charge on any atom is -0.444 e. The zero-order valence-corrected chi connectivity index (χ0v) is 10.3. The predicted molar refractivity (Wildman–Crippen MR) is 60.1 cm³/mol. The molecule has 0 aromatic rings. The van der Waals surface area contributed by atoms with Crippen LogP contribution >= 0.6 is 0 Å². The first-order valence-electron chi connectivity index (χ1n) is 5.98. The Kier molecular flexibility index (Phi) is 2.65. The van der Waals surface area contributed by atoms with E-state index in [4.69, 9.17) is 4.74 Å². The maximum atomic E-state index is 12.0. The number of fused-ring (bicyclic) bond motifs is 2. The maximum absolute atomic E-state index is 12.0. The van der Waals surface area contributed by atoms with Crippen LogP contribution in [0.1, 0.15) is 40.0 Å². The lowest BCUT2D eigenvalue weighted by atomic mass is 9.99. The van der Waals surface area contributed by atoms with Crippen molar-refractivity contribution < 1.29 is 14.6 Å². The molecule has 1 amide bonds. The average Bonchev–Trinajstić information content (AvgIpc) is 2.72. The Morgan fingerprint density at radius 2 is 2.25 bits per heavy atom. The Morgan fingerprint density at radius 3 is 2.75 bits per heavy atom. The monoisotopic (exact) mass is 227 g/mol. The molecule has 0 radical (unpaired) electrons. The molecular weight excluding hydrogens is 206 g/mol. The third kappa shape index (κ3) is 1.90. The van der Waals surface area contributed by atoms with Gasteiger partial charge in [0.2, 0.25) is 0 Å². The summed E-state index contributed by atoms with van der Waals surface area (Å²) in [7, 11) is 0. The molecule has 1 aliphatic heterocycles. The summed E-state index contributed by atoms with van der Waals surface area (Å²) in [6, 6.07) is 0. The van der Waals surface area contributed by atoms with Gasteiger partial charge in [-0.2, -0.15) is 0 Å². The van der Waals surface area contributed by atoms with Gasteiger partial charge in [-0.25, -0.2) is 4.79 Å². The first kappa shape index (κ1) is 11.7. The van der Waals surface area contributed by atoms with Crippen molar-refractivity contribution in [3.05, 3.63) is 0 Å². The Labute approximate surface area is 96.6 Å². The van der Waals surface area contributed by atoms with E-state index in [-0.39, 0.29) is 18.2 Å². The summed E-state index contributed by atoms with van der Waals surface area (Å²) in [4.78, 5) is 13.7. The molecule has 1 unspecified atom stereocenters. The summed E-state index contributed by atoms with van der Waals surface area (Å²) in [6.45, 7) is 6.40. The zero-order valence-electron chi connectivity index (χ0n) is 10.3. The van der Waals surface area contributed by atoms with Crippen LogP contribution in [-0.2, 0) is 4.74 Å². The molecule has 4 nitrogen and oxygen atoms in total. The van der Waals surface area contributed by atoms with Crippen LogP contribution in [0.3, 0.4) is 0 Å². The van der Waals surface area contributed by atoms with Crippen molar-refractivity contribution in [3.8, 4) is 0 Å². The van der Waals surface area contributed by atoms with E-state index in [0.29, 0.717) is 5.92 Å². The van der Waals surface area contributed by atoms with Gasteiger partial charge in [0.15, 0.2) is 0 Å². The van der Waals surface area contributed by atoms with Crippen LogP contribution in [0.2, 0.25) is 0 Å². The van der Waals surface area contributed by atoms with Crippen LogP contribution in [-0.4, -0.2) is 40.4 Å². The van der Waals surface area contributed by atoms with E-state index in [1.54, 1.807) is 4.90 Å². The van der Waals surface area contributed by atoms with Gasteiger partial charge in [0.25, 0.3) is 0 Å². The lowest BCUT2D eigenvalue weighted by molar-refractivity contribution is -0.00943. The van der Waals surface area contributed by atoms with E-state index in [0.717, 1.165) is 25.8 Å². The van der Waals surface area contributed by atoms with Gasteiger partial charge in [0, 0.05) is 6.54 Å². The fourth-order valence-corrected chi connectivity index (χ4v) is 2.88. The topological polar surface area (TPSA) is 49.8 Å². The molecule has 16 heavy (non-hydrogen) atoms. The van der Waals surface area contributed by atoms with Crippen molar-refractivity contribution in [2.45, 2.75) is 51.2 Å². The summed E-state index contributed by atoms with van der Waals surface area (Å²) in [5.74, 6) is 0.555. The number of likely N-dealkylation sites (tertiary alicyclic amines) is 1. The van der Waals surface area contributed by atoms with E-state index in [9.17, 15) is 9.90 Å². The highest BCUT2D eigenvalue weighted by Crippen LogP contribution is 2.46. The van der Waals surface area contributed by atoms with Crippen molar-refractivity contribution in [2.24, 2.45) is 5.92 Å². The van der Waals surface area contributed by atoms with Gasteiger partial charge in [-0.1, -0.05) is 0 Å². The molecule has 1 N–H and O–H groups in total. The molecule has 2 bridgehead atoms. The van der Waals surface area contributed by atoms with E-state index < -0.39 is 5.60 Å². The number of amides is 1. The quantitative estimate of drug-likeness (QED) is 0.742. The molecule has 1 aliphatic carbocycles. The predicted octanol–water partition coefficient (Wildman–Crippen LogP) is 1.77. The maximum Gasteiger partial charge on any atom is 0.410 e. The largest absolute Gasteiger partial charge is 0.444 e. The molecule has 2 aliphatic rings. The number of carbonyl (C=O) groups excluding carboxylic acids is 1. The van der Waals surface area contributed by atoms with Gasteiger partial charge in [0.1, 0.15) is 5.60 Å². The molecule has 1 saturated carbocycles. The number of ether oxygens (including phenoxy) is 1. The number of carbonyl (C=O) groups is 1. The number of piperidine rings is 1. The Bertz CT molecular complexity index is 297.